The normalized spacial score (nSPS) is 10.3. The number of amides is 1. The molecule has 8 heteroatoms. The van der Waals surface area contributed by atoms with Crippen LogP contribution >= 0.6 is 11.6 Å². The van der Waals surface area contributed by atoms with Gasteiger partial charge in [-0.3, -0.25) is 15.0 Å². The fourth-order valence-corrected chi connectivity index (χ4v) is 1.93. The second-order valence-corrected chi connectivity index (χ2v) is 4.47. The molecule has 20 heavy (non-hydrogen) atoms. The van der Waals surface area contributed by atoms with Crippen molar-refractivity contribution < 1.29 is 9.90 Å². The number of aromatic hydroxyl groups is 1. The fourth-order valence-electron chi connectivity index (χ4n) is 1.71. The topological polar surface area (TPSA) is 110 Å². The highest BCUT2D eigenvalue weighted by Crippen LogP contribution is 2.18. The Hall–Kier alpha value is -2.38. The third-order valence-electron chi connectivity index (χ3n) is 2.64. The minimum Gasteiger partial charge on any atom is -0.505 e. The Kier molecular flexibility index (Phi) is 3.73. The third kappa shape index (κ3) is 2.49. The van der Waals surface area contributed by atoms with E-state index in [1.165, 1.54) is 0 Å². The van der Waals surface area contributed by atoms with Crippen LogP contribution in [0.15, 0.2) is 29.1 Å². The van der Waals surface area contributed by atoms with E-state index in [9.17, 15) is 14.7 Å². The van der Waals surface area contributed by atoms with Crippen molar-refractivity contribution in [2.75, 3.05) is 0 Å². The molecule has 0 aliphatic rings. The van der Waals surface area contributed by atoms with Gasteiger partial charge in [0.05, 0.1) is 5.69 Å². The summed E-state index contributed by atoms with van der Waals surface area (Å²) in [6, 6.07) is 5.73. The van der Waals surface area contributed by atoms with Gasteiger partial charge >= 0.3 is 0 Å². The summed E-state index contributed by atoms with van der Waals surface area (Å²) in [6.07, 6.45) is 0. The third-order valence-corrected chi connectivity index (χ3v) is 2.88. The highest BCUT2D eigenvalue weighted by atomic mass is 35.5. The van der Waals surface area contributed by atoms with Gasteiger partial charge in [-0.2, -0.15) is 9.78 Å². The molecule has 1 amide bonds. The van der Waals surface area contributed by atoms with Crippen molar-refractivity contribution in [2.45, 2.75) is 6.92 Å². The first-order chi connectivity index (χ1) is 9.43. The lowest BCUT2D eigenvalue weighted by Gasteiger charge is -2.10. The van der Waals surface area contributed by atoms with Gasteiger partial charge in [-0.05, 0) is 30.7 Å². The first-order valence-corrected chi connectivity index (χ1v) is 5.92. The molecule has 2 aromatic rings. The molecule has 0 fully saturated rings. The molecular weight excluding hydrogens is 284 g/mol. The molecule has 0 saturated heterocycles. The summed E-state index contributed by atoms with van der Waals surface area (Å²) in [7, 11) is 0. The molecule has 1 aromatic carbocycles. The summed E-state index contributed by atoms with van der Waals surface area (Å²) in [5.41, 5.74) is 2.06. The lowest BCUT2D eigenvalue weighted by Crippen LogP contribution is -2.33. The number of nitrogen functional groups attached to an aromatic ring is 1. The van der Waals surface area contributed by atoms with Crippen LogP contribution in [0.3, 0.4) is 0 Å². The van der Waals surface area contributed by atoms with Crippen LogP contribution in [0.1, 0.15) is 16.1 Å². The summed E-state index contributed by atoms with van der Waals surface area (Å²) < 4.78 is 0.996. The van der Waals surface area contributed by atoms with Crippen molar-refractivity contribution in [3.8, 4) is 11.4 Å². The predicted molar refractivity (Wildman–Crippen MR) is 72.9 cm³/mol. The molecule has 0 bridgehead atoms. The number of benzene rings is 1. The monoisotopic (exact) mass is 294 g/mol. The van der Waals surface area contributed by atoms with Gasteiger partial charge < -0.3 is 5.11 Å². The minimum atomic E-state index is -0.803. The molecule has 0 atom stereocenters. The van der Waals surface area contributed by atoms with Crippen molar-refractivity contribution in [3.05, 3.63) is 50.9 Å². The molecule has 4 N–H and O–H groups in total. The number of halogens is 1. The molecule has 0 aliphatic carbocycles. The van der Waals surface area contributed by atoms with Gasteiger partial charge in [0.1, 0.15) is 0 Å². The molecular formula is C12H11ClN4O3. The average Bonchev–Trinajstić information content (AvgIpc) is 2.39. The van der Waals surface area contributed by atoms with Gasteiger partial charge in [-0.25, -0.2) is 5.84 Å². The Morgan fingerprint density at radius 2 is 2.15 bits per heavy atom. The highest BCUT2D eigenvalue weighted by molar-refractivity contribution is 6.30. The van der Waals surface area contributed by atoms with Crippen molar-refractivity contribution in [3.63, 3.8) is 0 Å². The zero-order valence-electron chi connectivity index (χ0n) is 10.4. The summed E-state index contributed by atoms with van der Waals surface area (Å²) in [6.45, 7) is 1.74. The molecule has 0 saturated carbocycles. The van der Waals surface area contributed by atoms with E-state index in [4.69, 9.17) is 17.4 Å². The molecule has 0 aliphatic heterocycles. The van der Waals surface area contributed by atoms with E-state index in [1.54, 1.807) is 25.1 Å². The van der Waals surface area contributed by atoms with Crippen LogP contribution in [0.4, 0.5) is 0 Å². The largest absolute Gasteiger partial charge is 0.505 e. The number of aromatic nitrogens is 2. The summed E-state index contributed by atoms with van der Waals surface area (Å²) >= 11 is 5.85. The van der Waals surface area contributed by atoms with E-state index >= 15 is 0 Å². The maximum atomic E-state index is 11.9. The second kappa shape index (κ2) is 5.32. The number of aryl methyl sites for hydroxylation is 1. The van der Waals surface area contributed by atoms with Crippen LogP contribution in [0.25, 0.3) is 5.69 Å². The van der Waals surface area contributed by atoms with Gasteiger partial charge in [-0.1, -0.05) is 11.6 Å². The standard InChI is InChI=1S/C12H11ClN4O3/c1-6-4-7(13)2-3-8(6)17-10(19)5-9(18)11(16-17)12(20)15-14/h2-5,18H,14H2,1H3,(H,15,20). The molecule has 1 heterocycles. The molecule has 1 aromatic heterocycles. The number of hydrazine groups is 1. The number of nitrogens with zero attached hydrogens (tertiary/aromatic N) is 2. The molecule has 2 rings (SSSR count). The predicted octanol–water partition coefficient (Wildman–Crippen LogP) is 0.503. The van der Waals surface area contributed by atoms with Crippen LogP contribution in [-0.2, 0) is 0 Å². The Balaban J connectivity index is 2.68. The Morgan fingerprint density at radius 1 is 1.45 bits per heavy atom. The Bertz CT molecular complexity index is 742. The Morgan fingerprint density at radius 3 is 2.75 bits per heavy atom. The zero-order chi connectivity index (χ0) is 14.9. The van der Waals surface area contributed by atoms with E-state index in [2.05, 4.69) is 5.10 Å². The van der Waals surface area contributed by atoms with E-state index in [0.29, 0.717) is 16.3 Å². The summed E-state index contributed by atoms with van der Waals surface area (Å²) in [4.78, 5) is 23.4. The van der Waals surface area contributed by atoms with Crippen LogP contribution in [0.5, 0.6) is 5.75 Å². The molecule has 0 radical (unpaired) electrons. The average molecular weight is 295 g/mol. The number of hydrogen-bond acceptors (Lipinski definition) is 5. The van der Waals surface area contributed by atoms with Gasteiger partial charge in [0.2, 0.25) is 0 Å². The maximum absolute atomic E-state index is 11.9. The SMILES string of the molecule is Cc1cc(Cl)ccc1-n1nc(C(=O)NN)c(O)cc1=O. The smallest absolute Gasteiger partial charge is 0.289 e. The molecule has 7 nitrogen and oxygen atoms in total. The van der Waals surface area contributed by atoms with Crippen molar-refractivity contribution in [1.82, 2.24) is 15.2 Å². The molecule has 0 spiro atoms. The number of nitrogens with one attached hydrogen (secondary N) is 1. The van der Waals surface area contributed by atoms with E-state index < -0.39 is 17.2 Å². The van der Waals surface area contributed by atoms with E-state index in [1.807, 2.05) is 5.43 Å². The summed E-state index contributed by atoms with van der Waals surface area (Å²) in [5, 5.41) is 13.9. The van der Waals surface area contributed by atoms with E-state index in [0.717, 1.165) is 10.7 Å². The lowest BCUT2D eigenvalue weighted by atomic mass is 10.2. The highest BCUT2D eigenvalue weighted by Gasteiger charge is 2.16. The summed E-state index contributed by atoms with van der Waals surface area (Å²) in [5.74, 6) is 3.65. The zero-order valence-corrected chi connectivity index (χ0v) is 11.2. The van der Waals surface area contributed by atoms with Gasteiger partial charge in [0.25, 0.3) is 11.5 Å². The number of carbonyl (C=O) groups excluding carboxylic acids is 1. The van der Waals surface area contributed by atoms with Crippen molar-refractivity contribution >= 4 is 17.5 Å². The minimum absolute atomic E-state index is 0.346. The fraction of sp³-hybridized carbons (Fsp3) is 0.0833. The van der Waals surface area contributed by atoms with Crippen molar-refractivity contribution in [1.29, 1.82) is 0 Å². The number of carbonyl (C=O) groups is 1. The quantitative estimate of drug-likeness (QED) is 0.424. The Labute approximate surface area is 118 Å². The molecule has 0 unspecified atom stereocenters. The van der Waals surface area contributed by atoms with Crippen molar-refractivity contribution in [2.24, 2.45) is 5.84 Å². The number of rotatable bonds is 2. The van der Waals surface area contributed by atoms with Gasteiger partial charge in [-0.15, -0.1) is 0 Å². The van der Waals surface area contributed by atoms with Gasteiger partial charge in [0, 0.05) is 11.1 Å². The van der Waals surface area contributed by atoms with Crippen LogP contribution in [0, 0.1) is 6.92 Å². The first kappa shape index (κ1) is 14.0. The molecule has 104 valence electrons. The number of nitrogens with two attached hydrogens (primary N) is 1. The first-order valence-electron chi connectivity index (χ1n) is 5.55. The lowest BCUT2D eigenvalue weighted by molar-refractivity contribution is 0.0943. The van der Waals surface area contributed by atoms with Gasteiger partial charge in [0.15, 0.2) is 11.4 Å². The van der Waals surface area contributed by atoms with Crippen LogP contribution in [-0.4, -0.2) is 20.8 Å². The van der Waals surface area contributed by atoms with Crippen LogP contribution in [0.2, 0.25) is 5.02 Å². The maximum Gasteiger partial charge on any atom is 0.289 e. The van der Waals surface area contributed by atoms with E-state index in [-0.39, 0.29) is 5.69 Å². The number of hydrogen-bond donors (Lipinski definition) is 3. The second-order valence-electron chi connectivity index (χ2n) is 4.03. The van der Waals surface area contributed by atoms with Crippen LogP contribution < -0.4 is 16.8 Å².